The predicted molar refractivity (Wildman–Crippen MR) is 115 cm³/mol. The molecule has 0 spiro atoms. The van der Waals surface area contributed by atoms with Gasteiger partial charge < -0.3 is 9.88 Å². The fourth-order valence-electron chi connectivity index (χ4n) is 3.24. The molecule has 0 unspecified atom stereocenters. The van der Waals surface area contributed by atoms with Crippen molar-refractivity contribution >= 4 is 5.82 Å². The van der Waals surface area contributed by atoms with Crippen molar-refractivity contribution in [3.05, 3.63) is 84.2 Å². The highest BCUT2D eigenvalue weighted by molar-refractivity contribution is 5.53. The Bertz CT molecular complexity index is 1090. The van der Waals surface area contributed by atoms with E-state index < -0.39 is 0 Å². The van der Waals surface area contributed by atoms with Crippen molar-refractivity contribution in [3.8, 4) is 17.2 Å². The SMILES string of the molecule is CCc1cc(N[C@@H](C)c2ccc(-n3ccnc3C)cc2)nc(-c2ccccn2)n1. The largest absolute Gasteiger partial charge is 0.363 e. The number of hydrogen-bond acceptors (Lipinski definition) is 5. The maximum atomic E-state index is 4.69. The average molecular weight is 384 g/mol. The first kappa shape index (κ1) is 18.8. The molecule has 6 nitrogen and oxygen atoms in total. The Morgan fingerprint density at radius 2 is 1.83 bits per heavy atom. The minimum Gasteiger partial charge on any atom is -0.363 e. The van der Waals surface area contributed by atoms with Gasteiger partial charge in [0.1, 0.15) is 17.3 Å². The number of aromatic nitrogens is 5. The average Bonchev–Trinajstić information content (AvgIpc) is 3.20. The van der Waals surface area contributed by atoms with Crippen LogP contribution in [0.15, 0.2) is 67.1 Å². The van der Waals surface area contributed by atoms with Crippen LogP contribution >= 0.6 is 0 Å². The molecule has 4 aromatic rings. The van der Waals surface area contributed by atoms with Crippen molar-refractivity contribution in [1.29, 1.82) is 0 Å². The van der Waals surface area contributed by atoms with Crippen LogP contribution in [0, 0.1) is 6.92 Å². The number of anilines is 1. The summed E-state index contributed by atoms with van der Waals surface area (Å²) in [6.07, 6.45) is 6.38. The van der Waals surface area contributed by atoms with Gasteiger partial charge >= 0.3 is 0 Å². The Morgan fingerprint density at radius 3 is 2.48 bits per heavy atom. The first-order valence-electron chi connectivity index (χ1n) is 9.80. The minimum atomic E-state index is 0.101. The molecule has 0 aliphatic heterocycles. The molecule has 4 rings (SSSR count). The molecule has 6 heteroatoms. The van der Waals surface area contributed by atoms with Gasteiger partial charge in [-0.3, -0.25) is 4.98 Å². The third kappa shape index (κ3) is 4.16. The van der Waals surface area contributed by atoms with Gasteiger partial charge in [-0.05, 0) is 50.1 Å². The van der Waals surface area contributed by atoms with Gasteiger partial charge in [-0.1, -0.05) is 25.1 Å². The van der Waals surface area contributed by atoms with Crippen molar-refractivity contribution in [2.75, 3.05) is 5.32 Å². The molecule has 0 saturated carbocycles. The Kier molecular flexibility index (Phi) is 5.33. The number of nitrogens with zero attached hydrogens (tertiary/aromatic N) is 5. The van der Waals surface area contributed by atoms with E-state index in [4.69, 9.17) is 0 Å². The number of imidazole rings is 1. The molecule has 0 aliphatic carbocycles. The fraction of sp³-hybridized carbons (Fsp3) is 0.217. The highest BCUT2D eigenvalue weighted by Gasteiger charge is 2.11. The molecule has 0 aliphatic rings. The summed E-state index contributed by atoms with van der Waals surface area (Å²) in [6, 6.07) is 16.4. The smallest absolute Gasteiger partial charge is 0.180 e. The van der Waals surface area contributed by atoms with Crippen molar-refractivity contribution in [2.45, 2.75) is 33.2 Å². The third-order valence-electron chi connectivity index (χ3n) is 4.90. The highest BCUT2D eigenvalue weighted by atomic mass is 15.1. The summed E-state index contributed by atoms with van der Waals surface area (Å²) in [7, 11) is 0. The molecule has 1 atom stereocenters. The topological polar surface area (TPSA) is 68.5 Å². The molecule has 29 heavy (non-hydrogen) atoms. The van der Waals surface area contributed by atoms with Crippen molar-refractivity contribution in [3.63, 3.8) is 0 Å². The van der Waals surface area contributed by atoms with Gasteiger partial charge in [0.05, 0.1) is 0 Å². The normalized spacial score (nSPS) is 12.0. The molecular weight excluding hydrogens is 360 g/mol. The second-order valence-corrected chi connectivity index (χ2v) is 6.94. The van der Waals surface area contributed by atoms with Gasteiger partial charge in [0.2, 0.25) is 0 Å². The lowest BCUT2D eigenvalue weighted by Crippen LogP contribution is -2.10. The molecule has 0 amide bonds. The zero-order valence-corrected chi connectivity index (χ0v) is 16.9. The van der Waals surface area contributed by atoms with E-state index in [2.05, 4.69) is 67.9 Å². The molecule has 0 bridgehead atoms. The number of benzene rings is 1. The first-order valence-corrected chi connectivity index (χ1v) is 9.80. The second-order valence-electron chi connectivity index (χ2n) is 6.94. The van der Waals surface area contributed by atoms with Gasteiger partial charge in [-0.2, -0.15) is 0 Å². The summed E-state index contributed by atoms with van der Waals surface area (Å²) in [4.78, 5) is 18.0. The number of rotatable bonds is 6. The standard InChI is InChI=1S/C23H24N6/c1-4-19-15-22(28-23(27-19)21-7-5-6-12-25-21)26-16(2)18-8-10-20(11-9-18)29-14-13-24-17(29)3/h5-16H,4H2,1-3H3,(H,26,27,28)/t16-/m0/s1. The van der Waals surface area contributed by atoms with E-state index in [1.54, 1.807) is 6.20 Å². The van der Waals surface area contributed by atoms with Crippen LogP contribution < -0.4 is 5.32 Å². The van der Waals surface area contributed by atoms with Gasteiger partial charge in [0.15, 0.2) is 5.82 Å². The molecule has 146 valence electrons. The van der Waals surface area contributed by atoms with Gasteiger partial charge in [0.25, 0.3) is 0 Å². The lowest BCUT2D eigenvalue weighted by molar-refractivity contribution is 0.865. The summed E-state index contributed by atoms with van der Waals surface area (Å²) in [5.41, 5.74) is 4.05. The summed E-state index contributed by atoms with van der Waals surface area (Å²) < 4.78 is 2.07. The predicted octanol–water partition coefficient (Wildman–Crippen LogP) is 4.77. The molecule has 0 saturated heterocycles. The summed E-state index contributed by atoms with van der Waals surface area (Å²) in [6.45, 7) is 6.22. The lowest BCUT2D eigenvalue weighted by Gasteiger charge is -2.17. The molecule has 3 aromatic heterocycles. The Hall–Kier alpha value is -3.54. The molecule has 0 radical (unpaired) electrons. The van der Waals surface area contributed by atoms with Gasteiger partial charge in [-0.15, -0.1) is 0 Å². The van der Waals surface area contributed by atoms with E-state index in [0.717, 1.165) is 35.1 Å². The Balaban J connectivity index is 1.56. The molecule has 1 aromatic carbocycles. The molecule has 0 fully saturated rings. The first-order chi connectivity index (χ1) is 14.1. The van der Waals surface area contributed by atoms with Crippen LogP contribution in [0.2, 0.25) is 0 Å². The van der Waals surface area contributed by atoms with E-state index in [0.29, 0.717) is 5.82 Å². The Labute approximate surface area is 170 Å². The van der Waals surface area contributed by atoms with Crippen LogP contribution in [0.25, 0.3) is 17.2 Å². The van der Waals surface area contributed by atoms with Crippen LogP contribution in [0.4, 0.5) is 5.82 Å². The van der Waals surface area contributed by atoms with E-state index in [1.807, 2.05) is 43.6 Å². The number of pyridine rings is 1. The van der Waals surface area contributed by atoms with Crippen LogP contribution in [-0.4, -0.2) is 24.5 Å². The number of aryl methyl sites for hydroxylation is 2. The molecular formula is C23H24N6. The maximum absolute atomic E-state index is 4.69. The fourth-order valence-corrected chi connectivity index (χ4v) is 3.24. The monoisotopic (exact) mass is 384 g/mol. The van der Waals surface area contributed by atoms with Crippen molar-refractivity contribution in [2.24, 2.45) is 0 Å². The minimum absolute atomic E-state index is 0.101. The zero-order valence-electron chi connectivity index (χ0n) is 16.9. The van der Waals surface area contributed by atoms with Crippen LogP contribution in [0.1, 0.15) is 37.0 Å². The number of hydrogen-bond donors (Lipinski definition) is 1. The van der Waals surface area contributed by atoms with Crippen LogP contribution in [-0.2, 0) is 6.42 Å². The van der Waals surface area contributed by atoms with Crippen molar-refractivity contribution < 1.29 is 0 Å². The zero-order chi connectivity index (χ0) is 20.2. The lowest BCUT2D eigenvalue weighted by atomic mass is 10.1. The third-order valence-corrected chi connectivity index (χ3v) is 4.90. The van der Waals surface area contributed by atoms with Crippen LogP contribution in [0.5, 0.6) is 0 Å². The second kappa shape index (κ2) is 8.22. The summed E-state index contributed by atoms with van der Waals surface area (Å²) in [5.74, 6) is 2.42. The molecule has 3 heterocycles. The van der Waals surface area contributed by atoms with Crippen LogP contribution in [0.3, 0.4) is 0 Å². The maximum Gasteiger partial charge on any atom is 0.180 e. The van der Waals surface area contributed by atoms with Gasteiger partial charge in [-0.25, -0.2) is 15.0 Å². The quantitative estimate of drug-likeness (QED) is 0.519. The summed E-state index contributed by atoms with van der Waals surface area (Å²) in [5, 5.41) is 3.51. The number of nitrogens with one attached hydrogen (secondary N) is 1. The van der Waals surface area contributed by atoms with Gasteiger partial charge in [0, 0.05) is 42.1 Å². The summed E-state index contributed by atoms with van der Waals surface area (Å²) >= 11 is 0. The van der Waals surface area contributed by atoms with E-state index in [1.165, 1.54) is 5.56 Å². The highest BCUT2D eigenvalue weighted by Crippen LogP contribution is 2.22. The van der Waals surface area contributed by atoms with E-state index in [9.17, 15) is 0 Å². The van der Waals surface area contributed by atoms with E-state index >= 15 is 0 Å². The van der Waals surface area contributed by atoms with Crippen molar-refractivity contribution in [1.82, 2.24) is 24.5 Å². The molecule has 1 N–H and O–H groups in total. The van der Waals surface area contributed by atoms with E-state index in [-0.39, 0.29) is 6.04 Å². The Morgan fingerprint density at radius 1 is 1.00 bits per heavy atom.